The minimum Gasteiger partial charge on any atom is -0.493 e. The van der Waals surface area contributed by atoms with Gasteiger partial charge in [0.05, 0.1) is 14.2 Å². The van der Waals surface area contributed by atoms with E-state index in [4.69, 9.17) is 9.47 Å². The summed E-state index contributed by atoms with van der Waals surface area (Å²) in [4.78, 5) is 32.9. The number of piperazine rings is 1. The van der Waals surface area contributed by atoms with Gasteiger partial charge in [-0.1, -0.05) is 6.07 Å². The number of carbonyl (C=O) groups excluding carboxylic acids is 2. The fourth-order valence-electron chi connectivity index (χ4n) is 3.24. The van der Waals surface area contributed by atoms with Crippen molar-refractivity contribution >= 4 is 11.8 Å². The lowest BCUT2D eigenvalue weighted by Gasteiger charge is -2.34. The molecule has 0 unspecified atom stereocenters. The number of rotatable bonds is 7. The molecule has 0 atom stereocenters. The predicted octanol–water partition coefficient (Wildman–Crippen LogP) is 1.29. The third-order valence-electron chi connectivity index (χ3n) is 4.90. The van der Waals surface area contributed by atoms with Crippen LogP contribution in [0, 0.1) is 0 Å². The highest BCUT2D eigenvalue weighted by molar-refractivity contribution is 5.95. The maximum absolute atomic E-state index is 12.8. The second-order valence-corrected chi connectivity index (χ2v) is 6.67. The van der Waals surface area contributed by atoms with E-state index in [-0.39, 0.29) is 11.8 Å². The average molecular weight is 398 g/mol. The first-order valence-electron chi connectivity index (χ1n) is 9.55. The number of carbonyl (C=O) groups is 2. The third-order valence-corrected chi connectivity index (χ3v) is 4.90. The fraction of sp³-hybridized carbons (Fsp3) is 0.381. The number of pyridine rings is 1. The molecule has 1 aromatic carbocycles. The summed E-state index contributed by atoms with van der Waals surface area (Å²) in [5.74, 6) is 0.948. The molecule has 0 bridgehead atoms. The van der Waals surface area contributed by atoms with Crippen molar-refractivity contribution in [1.82, 2.24) is 20.1 Å². The number of benzene rings is 1. The Labute approximate surface area is 170 Å². The van der Waals surface area contributed by atoms with Gasteiger partial charge in [-0.25, -0.2) is 0 Å². The molecule has 0 aliphatic carbocycles. The van der Waals surface area contributed by atoms with Crippen LogP contribution in [-0.2, 0) is 0 Å². The van der Waals surface area contributed by atoms with Crippen LogP contribution in [-0.4, -0.2) is 80.1 Å². The van der Waals surface area contributed by atoms with Crippen molar-refractivity contribution in [3.05, 3.63) is 53.9 Å². The lowest BCUT2D eigenvalue weighted by Crippen LogP contribution is -2.50. The van der Waals surface area contributed by atoms with E-state index in [0.717, 1.165) is 19.6 Å². The molecule has 1 aromatic heterocycles. The number of hydrogen-bond donors (Lipinski definition) is 1. The standard InChI is InChI=1S/C21H26N4O4/c1-28-18-7-6-16(15-19(18)29-2)21(27)25-13-11-24(12-14-25)10-9-23-20(26)17-5-3-4-8-22-17/h3-8,15H,9-14H2,1-2H3,(H,23,26). The first kappa shape index (κ1) is 20.6. The summed E-state index contributed by atoms with van der Waals surface area (Å²) < 4.78 is 10.5. The van der Waals surface area contributed by atoms with Crippen LogP contribution < -0.4 is 14.8 Å². The number of methoxy groups -OCH3 is 2. The Bertz CT molecular complexity index is 836. The molecular weight excluding hydrogens is 372 g/mol. The van der Waals surface area contributed by atoms with Crippen molar-refractivity contribution in [1.29, 1.82) is 0 Å². The van der Waals surface area contributed by atoms with E-state index < -0.39 is 0 Å². The molecule has 1 aliphatic rings. The van der Waals surface area contributed by atoms with Gasteiger partial charge in [0.1, 0.15) is 5.69 Å². The van der Waals surface area contributed by atoms with Crippen LogP contribution in [0.3, 0.4) is 0 Å². The molecule has 0 radical (unpaired) electrons. The van der Waals surface area contributed by atoms with Crippen LogP contribution in [0.5, 0.6) is 11.5 Å². The minimum atomic E-state index is -0.173. The zero-order chi connectivity index (χ0) is 20.6. The van der Waals surface area contributed by atoms with E-state index in [1.165, 1.54) is 0 Å². The molecule has 1 saturated heterocycles. The Hall–Kier alpha value is -3.13. The first-order valence-corrected chi connectivity index (χ1v) is 9.55. The first-order chi connectivity index (χ1) is 14.1. The largest absolute Gasteiger partial charge is 0.493 e. The zero-order valence-corrected chi connectivity index (χ0v) is 16.8. The Morgan fingerprint density at radius 1 is 1.03 bits per heavy atom. The van der Waals surface area contributed by atoms with Crippen LogP contribution in [0.25, 0.3) is 0 Å². The van der Waals surface area contributed by atoms with Gasteiger partial charge < -0.3 is 19.7 Å². The summed E-state index contributed by atoms with van der Waals surface area (Å²) in [5, 5.41) is 2.88. The molecule has 2 amide bonds. The summed E-state index contributed by atoms with van der Waals surface area (Å²) in [6.07, 6.45) is 1.60. The van der Waals surface area contributed by atoms with Gasteiger partial charge in [0, 0.05) is 51.0 Å². The second-order valence-electron chi connectivity index (χ2n) is 6.67. The molecular formula is C21H26N4O4. The number of nitrogens with one attached hydrogen (secondary N) is 1. The van der Waals surface area contributed by atoms with Crippen LogP contribution in [0.1, 0.15) is 20.8 Å². The van der Waals surface area contributed by atoms with Crippen LogP contribution in [0.4, 0.5) is 0 Å². The SMILES string of the molecule is COc1ccc(C(=O)N2CCN(CCNC(=O)c3ccccn3)CC2)cc1OC. The molecule has 0 saturated carbocycles. The van der Waals surface area contributed by atoms with Crippen molar-refractivity contribution in [3.63, 3.8) is 0 Å². The fourth-order valence-corrected chi connectivity index (χ4v) is 3.24. The zero-order valence-electron chi connectivity index (χ0n) is 16.8. The highest BCUT2D eigenvalue weighted by Gasteiger charge is 2.23. The van der Waals surface area contributed by atoms with E-state index in [2.05, 4.69) is 15.2 Å². The maximum atomic E-state index is 12.8. The Morgan fingerprint density at radius 2 is 1.79 bits per heavy atom. The van der Waals surface area contributed by atoms with Crippen molar-refractivity contribution in [2.24, 2.45) is 0 Å². The lowest BCUT2D eigenvalue weighted by atomic mass is 10.1. The smallest absolute Gasteiger partial charge is 0.269 e. The molecule has 29 heavy (non-hydrogen) atoms. The molecule has 8 heteroatoms. The number of amides is 2. The maximum Gasteiger partial charge on any atom is 0.269 e. The van der Waals surface area contributed by atoms with Gasteiger partial charge in [-0.15, -0.1) is 0 Å². The van der Waals surface area contributed by atoms with E-state index in [1.54, 1.807) is 56.8 Å². The summed E-state index contributed by atoms with van der Waals surface area (Å²) in [5.41, 5.74) is 0.997. The highest BCUT2D eigenvalue weighted by atomic mass is 16.5. The van der Waals surface area contributed by atoms with Crippen molar-refractivity contribution in [3.8, 4) is 11.5 Å². The van der Waals surface area contributed by atoms with Gasteiger partial charge in [-0.3, -0.25) is 19.5 Å². The Morgan fingerprint density at radius 3 is 2.45 bits per heavy atom. The molecule has 3 rings (SSSR count). The van der Waals surface area contributed by atoms with Gasteiger partial charge >= 0.3 is 0 Å². The van der Waals surface area contributed by atoms with Gasteiger partial charge in [-0.05, 0) is 30.3 Å². The normalized spacial score (nSPS) is 14.3. The lowest BCUT2D eigenvalue weighted by molar-refractivity contribution is 0.0637. The number of ether oxygens (including phenoxy) is 2. The predicted molar refractivity (Wildman–Crippen MR) is 108 cm³/mol. The van der Waals surface area contributed by atoms with Gasteiger partial charge in [0.15, 0.2) is 11.5 Å². The topological polar surface area (TPSA) is 84.0 Å². The summed E-state index contributed by atoms with van der Waals surface area (Å²) >= 11 is 0. The van der Waals surface area contributed by atoms with Gasteiger partial charge in [0.25, 0.3) is 11.8 Å². The van der Waals surface area contributed by atoms with Crippen LogP contribution in [0.2, 0.25) is 0 Å². The molecule has 1 fully saturated rings. The molecule has 2 aromatic rings. The molecule has 0 spiro atoms. The van der Waals surface area contributed by atoms with Gasteiger partial charge in [0.2, 0.25) is 0 Å². The molecule has 1 N–H and O–H groups in total. The van der Waals surface area contributed by atoms with Crippen molar-refractivity contribution in [2.75, 3.05) is 53.5 Å². The van der Waals surface area contributed by atoms with Crippen LogP contribution >= 0.6 is 0 Å². The number of hydrogen-bond acceptors (Lipinski definition) is 6. The molecule has 2 heterocycles. The molecule has 8 nitrogen and oxygen atoms in total. The summed E-state index contributed by atoms with van der Waals surface area (Å²) in [7, 11) is 3.12. The van der Waals surface area contributed by atoms with Crippen molar-refractivity contribution < 1.29 is 19.1 Å². The second kappa shape index (κ2) is 9.88. The minimum absolute atomic E-state index is 0.0194. The quantitative estimate of drug-likeness (QED) is 0.757. The van der Waals surface area contributed by atoms with Crippen LogP contribution in [0.15, 0.2) is 42.6 Å². The summed E-state index contributed by atoms with van der Waals surface area (Å²) in [6, 6.07) is 10.5. The summed E-state index contributed by atoms with van der Waals surface area (Å²) in [6.45, 7) is 4.08. The van der Waals surface area contributed by atoms with Gasteiger partial charge in [-0.2, -0.15) is 0 Å². The number of nitrogens with zero attached hydrogens (tertiary/aromatic N) is 3. The Balaban J connectivity index is 1.45. The van der Waals surface area contributed by atoms with E-state index in [9.17, 15) is 9.59 Å². The van der Waals surface area contributed by atoms with E-state index in [0.29, 0.717) is 42.4 Å². The highest BCUT2D eigenvalue weighted by Crippen LogP contribution is 2.28. The molecule has 1 aliphatic heterocycles. The number of aromatic nitrogens is 1. The Kier molecular flexibility index (Phi) is 7.02. The van der Waals surface area contributed by atoms with Crippen molar-refractivity contribution in [2.45, 2.75) is 0 Å². The average Bonchev–Trinajstić information content (AvgIpc) is 2.79. The monoisotopic (exact) mass is 398 g/mol. The van der Waals surface area contributed by atoms with E-state index >= 15 is 0 Å². The van der Waals surface area contributed by atoms with E-state index in [1.807, 2.05) is 4.90 Å². The third kappa shape index (κ3) is 5.23. The molecule has 154 valence electrons.